The van der Waals surface area contributed by atoms with Gasteiger partial charge in [0.2, 0.25) is 5.95 Å². The van der Waals surface area contributed by atoms with E-state index in [4.69, 9.17) is 0 Å². The van der Waals surface area contributed by atoms with E-state index >= 15 is 0 Å². The van der Waals surface area contributed by atoms with Gasteiger partial charge in [-0.3, -0.25) is 0 Å². The van der Waals surface area contributed by atoms with Gasteiger partial charge in [-0.1, -0.05) is 0 Å². The Morgan fingerprint density at radius 2 is 2.29 bits per heavy atom. The van der Waals surface area contributed by atoms with E-state index in [1.807, 2.05) is 18.7 Å². The van der Waals surface area contributed by atoms with Gasteiger partial charge in [-0.2, -0.15) is 9.97 Å². The SMILES string of the molecule is CCNc1nc(N2CCS(=O)(=O)CC2C)c2[nH]cnc2n1. The highest BCUT2D eigenvalue weighted by atomic mass is 32.2. The lowest BCUT2D eigenvalue weighted by atomic mass is 10.3. The van der Waals surface area contributed by atoms with Gasteiger partial charge in [0.25, 0.3) is 0 Å². The van der Waals surface area contributed by atoms with Crippen LogP contribution in [-0.4, -0.2) is 59.0 Å². The van der Waals surface area contributed by atoms with Crippen molar-refractivity contribution in [3.63, 3.8) is 0 Å². The van der Waals surface area contributed by atoms with E-state index in [1.165, 1.54) is 0 Å². The van der Waals surface area contributed by atoms with Crippen LogP contribution >= 0.6 is 0 Å². The normalized spacial score (nSPS) is 21.6. The zero-order chi connectivity index (χ0) is 15.0. The topological polar surface area (TPSA) is 104 Å². The van der Waals surface area contributed by atoms with Crippen molar-refractivity contribution in [2.24, 2.45) is 0 Å². The molecule has 1 fully saturated rings. The van der Waals surface area contributed by atoms with E-state index in [0.717, 1.165) is 5.52 Å². The Labute approximate surface area is 122 Å². The third kappa shape index (κ3) is 2.65. The first-order chi connectivity index (χ1) is 10.00. The van der Waals surface area contributed by atoms with Crippen molar-refractivity contribution in [1.29, 1.82) is 0 Å². The molecular formula is C12H18N6O2S. The van der Waals surface area contributed by atoms with Crippen molar-refractivity contribution in [2.75, 3.05) is 34.8 Å². The Morgan fingerprint density at radius 1 is 1.48 bits per heavy atom. The minimum Gasteiger partial charge on any atom is -0.354 e. The number of aromatic amines is 1. The fourth-order valence-electron chi connectivity index (χ4n) is 2.58. The number of nitrogens with zero attached hydrogens (tertiary/aromatic N) is 4. The molecular weight excluding hydrogens is 292 g/mol. The van der Waals surface area contributed by atoms with E-state index in [-0.39, 0.29) is 17.5 Å². The van der Waals surface area contributed by atoms with E-state index in [1.54, 1.807) is 6.33 Å². The molecule has 0 aliphatic carbocycles. The lowest BCUT2D eigenvalue weighted by molar-refractivity contribution is 0.567. The number of sulfone groups is 1. The molecule has 0 radical (unpaired) electrons. The van der Waals surface area contributed by atoms with Gasteiger partial charge in [0, 0.05) is 19.1 Å². The van der Waals surface area contributed by atoms with Crippen LogP contribution in [-0.2, 0) is 9.84 Å². The zero-order valence-electron chi connectivity index (χ0n) is 12.0. The number of fused-ring (bicyclic) bond motifs is 1. The van der Waals surface area contributed by atoms with Crippen molar-refractivity contribution in [3.8, 4) is 0 Å². The Balaban J connectivity index is 2.04. The third-order valence-electron chi connectivity index (χ3n) is 3.54. The smallest absolute Gasteiger partial charge is 0.226 e. The molecule has 0 aromatic carbocycles. The standard InChI is InChI=1S/C12H18N6O2S/c1-3-13-12-16-10-9(14-7-15-10)11(17-12)18-4-5-21(19,20)6-8(18)2/h7-8H,3-6H2,1-2H3,(H2,13,14,15,16,17). The van der Waals surface area contributed by atoms with Crippen molar-refractivity contribution < 1.29 is 8.42 Å². The lowest BCUT2D eigenvalue weighted by Crippen LogP contribution is -2.47. The number of H-pyrrole nitrogens is 1. The molecule has 0 bridgehead atoms. The fourth-order valence-corrected chi connectivity index (χ4v) is 4.13. The molecule has 21 heavy (non-hydrogen) atoms. The first-order valence-corrected chi connectivity index (χ1v) is 8.74. The number of aromatic nitrogens is 4. The summed E-state index contributed by atoms with van der Waals surface area (Å²) in [6.07, 6.45) is 1.57. The van der Waals surface area contributed by atoms with Crippen LogP contribution in [0, 0.1) is 0 Å². The monoisotopic (exact) mass is 310 g/mol. The molecule has 114 valence electrons. The summed E-state index contributed by atoms with van der Waals surface area (Å²) in [5.74, 6) is 1.50. The average molecular weight is 310 g/mol. The Kier molecular flexibility index (Phi) is 3.44. The second kappa shape index (κ2) is 5.14. The molecule has 0 saturated carbocycles. The third-order valence-corrected chi connectivity index (χ3v) is 5.34. The molecule has 1 saturated heterocycles. The van der Waals surface area contributed by atoms with Gasteiger partial charge < -0.3 is 15.2 Å². The molecule has 8 nitrogen and oxygen atoms in total. The van der Waals surface area contributed by atoms with E-state index in [2.05, 4.69) is 25.3 Å². The van der Waals surface area contributed by atoms with Crippen LogP contribution in [0.3, 0.4) is 0 Å². The Hall–Kier alpha value is -1.90. The molecule has 1 aliphatic heterocycles. The van der Waals surface area contributed by atoms with Crippen LogP contribution in [0.25, 0.3) is 11.2 Å². The van der Waals surface area contributed by atoms with Gasteiger partial charge >= 0.3 is 0 Å². The summed E-state index contributed by atoms with van der Waals surface area (Å²) in [4.78, 5) is 18.1. The summed E-state index contributed by atoms with van der Waals surface area (Å²) in [5, 5.41) is 3.08. The molecule has 1 unspecified atom stereocenters. The fraction of sp³-hybridized carbons (Fsp3) is 0.583. The number of nitrogens with one attached hydrogen (secondary N) is 2. The van der Waals surface area contributed by atoms with Gasteiger partial charge in [0.15, 0.2) is 21.3 Å². The van der Waals surface area contributed by atoms with Crippen LogP contribution in [0.1, 0.15) is 13.8 Å². The molecule has 0 amide bonds. The predicted molar refractivity (Wildman–Crippen MR) is 81.3 cm³/mol. The molecule has 0 spiro atoms. The van der Waals surface area contributed by atoms with Gasteiger partial charge in [0.1, 0.15) is 5.52 Å². The quantitative estimate of drug-likeness (QED) is 0.846. The second-order valence-corrected chi connectivity index (χ2v) is 7.39. The van der Waals surface area contributed by atoms with Crippen LogP contribution < -0.4 is 10.2 Å². The van der Waals surface area contributed by atoms with E-state index in [9.17, 15) is 8.42 Å². The highest BCUT2D eigenvalue weighted by Crippen LogP contribution is 2.26. The van der Waals surface area contributed by atoms with Gasteiger partial charge in [-0.15, -0.1) is 0 Å². The maximum Gasteiger partial charge on any atom is 0.226 e. The van der Waals surface area contributed by atoms with Gasteiger partial charge in [0.05, 0.1) is 17.8 Å². The first kappa shape index (κ1) is 14.1. The maximum atomic E-state index is 11.7. The number of hydrogen-bond donors (Lipinski definition) is 2. The Morgan fingerprint density at radius 3 is 3.00 bits per heavy atom. The van der Waals surface area contributed by atoms with Crippen LogP contribution in [0.15, 0.2) is 6.33 Å². The summed E-state index contributed by atoms with van der Waals surface area (Å²) in [6.45, 7) is 5.00. The number of anilines is 2. The minimum absolute atomic E-state index is 0.125. The molecule has 1 atom stereocenters. The summed E-state index contributed by atoms with van der Waals surface area (Å²) in [5.41, 5.74) is 1.32. The number of imidazole rings is 1. The summed E-state index contributed by atoms with van der Waals surface area (Å²) < 4.78 is 23.5. The summed E-state index contributed by atoms with van der Waals surface area (Å²) >= 11 is 0. The molecule has 3 heterocycles. The van der Waals surface area contributed by atoms with Crippen LogP contribution in [0.2, 0.25) is 0 Å². The van der Waals surface area contributed by atoms with Crippen molar-refractivity contribution in [1.82, 2.24) is 19.9 Å². The average Bonchev–Trinajstić information content (AvgIpc) is 2.85. The molecule has 2 aromatic rings. The van der Waals surface area contributed by atoms with Crippen molar-refractivity contribution in [3.05, 3.63) is 6.33 Å². The molecule has 3 rings (SSSR count). The summed E-state index contributed by atoms with van der Waals surface area (Å²) in [6, 6.07) is -0.125. The van der Waals surface area contributed by atoms with Crippen molar-refractivity contribution >= 4 is 32.8 Å². The first-order valence-electron chi connectivity index (χ1n) is 6.92. The van der Waals surface area contributed by atoms with E-state index in [0.29, 0.717) is 30.5 Å². The van der Waals surface area contributed by atoms with Gasteiger partial charge in [-0.05, 0) is 13.8 Å². The van der Waals surface area contributed by atoms with Crippen LogP contribution in [0.4, 0.5) is 11.8 Å². The van der Waals surface area contributed by atoms with Crippen LogP contribution in [0.5, 0.6) is 0 Å². The second-order valence-electron chi connectivity index (χ2n) is 5.16. The Bertz CT molecular complexity index is 756. The van der Waals surface area contributed by atoms with Gasteiger partial charge in [-0.25, -0.2) is 13.4 Å². The highest BCUT2D eigenvalue weighted by Gasteiger charge is 2.30. The number of hydrogen-bond acceptors (Lipinski definition) is 7. The lowest BCUT2D eigenvalue weighted by Gasteiger charge is -2.34. The highest BCUT2D eigenvalue weighted by molar-refractivity contribution is 7.91. The number of rotatable bonds is 3. The predicted octanol–water partition coefficient (Wildman–Crippen LogP) is 0.408. The summed E-state index contributed by atoms with van der Waals surface area (Å²) in [7, 11) is -2.96. The maximum absolute atomic E-state index is 11.7. The van der Waals surface area contributed by atoms with E-state index < -0.39 is 9.84 Å². The molecule has 2 aromatic heterocycles. The molecule has 9 heteroatoms. The molecule has 1 aliphatic rings. The minimum atomic E-state index is -2.96. The molecule has 2 N–H and O–H groups in total. The largest absolute Gasteiger partial charge is 0.354 e. The zero-order valence-corrected chi connectivity index (χ0v) is 12.8. The van der Waals surface area contributed by atoms with Crippen molar-refractivity contribution in [2.45, 2.75) is 19.9 Å².